The molecule has 1 aliphatic heterocycles. The molecule has 3 aromatic rings. The van der Waals surface area contributed by atoms with Crippen molar-refractivity contribution in [2.75, 3.05) is 11.9 Å². The van der Waals surface area contributed by atoms with Crippen LogP contribution in [-0.4, -0.2) is 39.1 Å². The van der Waals surface area contributed by atoms with Crippen molar-refractivity contribution in [1.29, 1.82) is 0 Å². The van der Waals surface area contributed by atoms with E-state index in [9.17, 15) is 9.59 Å². The lowest BCUT2D eigenvalue weighted by Crippen LogP contribution is -2.43. The first kappa shape index (κ1) is 16.1. The van der Waals surface area contributed by atoms with Gasteiger partial charge in [-0.1, -0.05) is 6.07 Å². The van der Waals surface area contributed by atoms with Gasteiger partial charge in [0.1, 0.15) is 6.04 Å². The third kappa shape index (κ3) is 3.11. The van der Waals surface area contributed by atoms with E-state index in [1.54, 1.807) is 27.9 Å². The minimum atomic E-state index is -0.499. The van der Waals surface area contributed by atoms with Crippen molar-refractivity contribution in [3.8, 4) is 5.69 Å². The Morgan fingerprint density at radius 1 is 1.19 bits per heavy atom. The van der Waals surface area contributed by atoms with Crippen LogP contribution in [0.2, 0.25) is 0 Å². The number of anilines is 1. The van der Waals surface area contributed by atoms with Crippen LogP contribution in [0.15, 0.2) is 65.5 Å². The molecule has 0 spiro atoms. The van der Waals surface area contributed by atoms with Crippen molar-refractivity contribution in [3.05, 3.63) is 66.9 Å². The Labute approximate surface area is 150 Å². The molecule has 1 atom stereocenters. The van der Waals surface area contributed by atoms with Gasteiger partial charge in [0.15, 0.2) is 5.76 Å². The quantitative estimate of drug-likeness (QED) is 0.784. The average molecular weight is 350 g/mol. The number of aromatic nitrogens is 2. The van der Waals surface area contributed by atoms with Crippen molar-refractivity contribution < 1.29 is 14.0 Å². The zero-order valence-corrected chi connectivity index (χ0v) is 14.0. The molecule has 2 aromatic heterocycles. The molecule has 2 amide bonds. The summed E-state index contributed by atoms with van der Waals surface area (Å²) in [4.78, 5) is 26.8. The highest BCUT2D eigenvalue weighted by Crippen LogP contribution is 2.22. The number of amides is 2. The molecular formula is C19H18N4O3. The van der Waals surface area contributed by atoms with Gasteiger partial charge in [-0.3, -0.25) is 9.59 Å². The van der Waals surface area contributed by atoms with Crippen LogP contribution in [0.5, 0.6) is 0 Å². The monoisotopic (exact) mass is 350 g/mol. The van der Waals surface area contributed by atoms with Gasteiger partial charge in [-0.2, -0.15) is 5.10 Å². The Balaban J connectivity index is 1.49. The van der Waals surface area contributed by atoms with E-state index >= 15 is 0 Å². The molecule has 1 N–H and O–H groups in total. The first-order valence-corrected chi connectivity index (χ1v) is 8.48. The molecule has 1 saturated heterocycles. The normalized spacial score (nSPS) is 16.6. The maximum Gasteiger partial charge on any atom is 0.290 e. The fourth-order valence-corrected chi connectivity index (χ4v) is 3.20. The lowest BCUT2D eigenvalue weighted by atomic mass is 10.2. The summed E-state index contributed by atoms with van der Waals surface area (Å²) >= 11 is 0. The largest absolute Gasteiger partial charge is 0.459 e. The van der Waals surface area contributed by atoms with Gasteiger partial charge in [-0.15, -0.1) is 0 Å². The first-order chi connectivity index (χ1) is 12.7. The van der Waals surface area contributed by atoms with Crippen LogP contribution in [0.1, 0.15) is 23.4 Å². The van der Waals surface area contributed by atoms with E-state index in [4.69, 9.17) is 4.42 Å². The smallest absolute Gasteiger partial charge is 0.290 e. The molecule has 1 fully saturated rings. The summed E-state index contributed by atoms with van der Waals surface area (Å²) < 4.78 is 6.90. The van der Waals surface area contributed by atoms with Crippen molar-refractivity contribution in [1.82, 2.24) is 14.7 Å². The number of nitrogens with zero attached hydrogens (tertiary/aromatic N) is 3. The Morgan fingerprint density at radius 2 is 2.12 bits per heavy atom. The minimum absolute atomic E-state index is 0.194. The number of likely N-dealkylation sites (tertiary alicyclic amines) is 1. The van der Waals surface area contributed by atoms with E-state index < -0.39 is 6.04 Å². The number of carbonyl (C=O) groups is 2. The number of rotatable bonds is 4. The summed E-state index contributed by atoms with van der Waals surface area (Å²) in [5.41, 5.74) is 1.52. The van der Waals surface area contributed by atoms with E-state index in [1.165, 1.54) is 6.26 Å². The van der Waals surface area contributed by atoms with Crippen LogP contribution >= 0.6 is 0 Å². The second-order valence-electron chi connectivity index (χ2n) is 6.12. The standard InChI is InChI=1S/C19H18N4O3/c24-18(16-7-2-10-22(16)19(25)17-8-3-12-26-17)21-14-5-1-6-15(13-14)23-11-4-9-20-23/h1,3-6,8-9,11-13,16H,2,7,10H2,(H,21,24)/t16-/m1/s1. The van der Waals surface area contributed by atoms with Crippen LogP contribution < -0.4 is 5.32 Å². The fraction of sp³-hybridized carbons (Fsp3) is 0.211. The fourth-order valence-electron chi connectivity index (χ4n) is 3.20. The second-order valence-corrected chi connectivity index (χ2v) is 6.12. The molecule has 0 saturated carbocycles. The van der Waals surface area contributed by atoms with Gasteiger partial charge < -0.3 is 14.6 Å². The molecule has 26 heavy (non-hydrogen) atoms. The minimum Gasteiger partial charge on any atom is -0.459 e. The second kappa shape index (κ2) is 6.87. The first-order valence-electron chi connectivity index (χ1n) is 8.48. The molecule has 4 rings (SSSR count). The molecule has 7 heteroatoms. The van der Waals surface area contributed by atoms with Crippen LogP contribution in [0.25, 0.3) is 5.69 Å². The van der Waals surface area contributed by atoms with Gasteiger partial charge in [-0.05, 0) is 49.2 Å². The summed E-state index contributed by atoms with van der Waals surface area (Å²) in [7, 11) is 0. The van der Waals surface area contributed by atoms with Crippen LogP contribution in [0.4, 0.5) is 5.69 Å². The van der Waals surface area contributed by atoms with Gasteiger partial charge >= 0.3 is 0 Å². The number of nitrogens with one attached hydrogen (secondary N) is 1. The summed E-state index contributed by atoms with van der Waals surface area (Å²) in [6, 6.07) is 12.0. The van der Waals surface area contributed by atoms with E-state index in [-0.39, 0.29) is 17.6 Å². The lowest BCUT2D eigenvalue weighted by Gasteiger charge is -2.23. The number of carbonyl (C=O) groups excluding carboxylic acids is 2. The summed E-state index contributed by atoms with van der Waals surface area (Å²) in [5, 5.41) is 7.10. The molecule has 3 heterocycles. The molecule has 7 nitrogen and oxygen atoms in total. The Bertz CT molecular complexity index is 903. The van der Waals surface area contributed by atoms with E-state index in [1.807, 2.05) is 36.5 Å². The van der Waals surface area contributed by atoms with Crippen molar-refractivity contribution in [2.24, 2.45) is 0 Å². The topological polar surface area (TPSA) is 80.4 Å². The summed E-state index contributed by atoms with van der Waals surface area (Å²) in [6.07, 6.45) is 6.41. The number of benzene rings is 1. The third-order valence-electron chi connectivity index (χ3n) is 4.43. The van der Waals surface area contributed by atoms with Crippen LogP contribution in [0, 0.1) is 0 Å². The maximum atomic E-state index is 12.7. The van der Waals surface area contributed by atoms with Gasteiger partial charge in [0.05, 0.1) is 12.0 Å². The predicted molar refractivity (Wildman–Crippen MR) is 95.0 cm³/mol. The zero-order valence-electron chi connectivity index (χ0n) is 14.0. The SMILES string of the molecule is O=C(Nc1cccc(-n2cccn2)c1)[C@H]1CCCN1C(=O)c1ccco1. The van der Waals surface area contributed by atoms with Crippen molar-refractivity contribution in [2.45, 2.75) is 18.9 Å². The Kier molecular flexibility index (Phi) is 4.27. The van der Waals surface area contributed by atoms with Gasteiger partial charge in [0, 0.05) is 24.6 Å². The highest BCUT2D eigenvalue weighted by Gasteiger charge is 2.35. The van der Waals surface area contributed by atoms with E-state index in [0.29, 0.717) is 18.7 Å². The molecule has 0 aliphatic carbocycles. The van der Waals surface area contributed by atoms with Gasteiger partial charge in [0.2, 0.25) is 5.91 Å². The predicted octanol–water partition coefficient (Wildman–Crippen LogP) is 2.71. The van der Waals surface area contributed by atoms with Crippen LogP contribution in [0.3, 0.4) is 0 Å². The number of hydrogen-bond donors (Lipinski definition) is 1. The van der Waals surface area contributed by atoms with Crippen molar-refractivity contribution in [3.63, 3.8) is 0 Å². The molecular weight excluding hydrogens is 332 g/mol. The molecule has 1 aliphatic rings. The Hall–Kier alpha value is -3.35. The van der Waals surface area contributed by atoms with Crippen molar-refractivity contribution >= 4 is 17.5 Å². The molecule has 132 valence electrons. The molecule has 1 aromatic carbocycles. The van der Waals surface area contributed by atoms with Gasteiger partial charge in [0.25, 0.3) is 5.91 Å². The highest BCUT2D eigenvalue weighted by molar-refractivity contribution is 6.00. The molecule has 0 radical (unpaired) electrons. The third-order valence-corrected chi connectivity index (χ3v) is 4.43. The van der Waals surface area contributed by atoms with E-state index in [0.717, 1.165) is 12.1 Å². The van der Waals surface area contributed by atoms with Gasteiger partial charge in [-0.25, -0.2) is 4.68 Å². The maximum absolute atomic E-state index is 12.7. The zero-order chi connectivity index (χ0) is 17.9. The molecule has 0 unspecified atom stereocenters. The summed E-state index contributed by atoms with van der Waals surface area (Å²) in [5.74, 6) is -0.191. The van der Waals surface area contributed by atoms with E-state index in [2.05, 4.69) is 10.4 Å². The molecule has 0 bridgehead atoms. The average Bonchev–Trinajstić information content (AvgIpc) is 3.44. The lowest BCUT2D eigenvalue weighted by molar-refractivity contribution is -0.119. The highest BCUT2D eigenvalue weighted by atomic mass is 16.3. The number of furan rings is 1. The number of hydrogen-bond acceptors (Lipinski definition) is 4. The Morgan fingerprint density at radius 3 is 2.88 bits per heavy atom. The summed E-state index contributed by atoms with van der Waals surface area (Å²) in [6.45, 7) is 0.547. The van der Waals surface area contributed by atoms with Crippen LogP contribution in [-0.2, 0) is 4.79 Å².